The molecule has 9 aromatic rings. The van der Waals surface area contributed by atoms with Crippen molar-refractivity contribution in [3.63, 3.8) is 0 Å². The average molecular weight is 796 g/mol. The Balaban J connectivity index is 1.21. The van der Waals surface area contributed by atoms with Crippen LogP contribution in [0.3, 0.4) is 0 Å². The Morgan fingerprint density at radius 1 is 0.323 bits per heavy atom. The van der Waals surface area contributed by atoms with Gasteiger partial charge in [0.2, 0.25) is 0 Å². The Bertz CT molecular complexity index is 2910. The van der Waals surface area contributed by atoms with Gasteiger partial charge in [-0.05, 0) is 161 Å². The quantitative estimate of drug-likeness (QED) is 0.149. The van der Waals surface area contributed by atoms with E-state index >= 15 is 0 Å². The first-order chi connectivity index (χ1) is 30.4. The van der Waals surface area contributed by atoms with Crippen LogP contribution in [-0.2, 0) is 0 Å². The molecule has 2 heterocycles. The standard InChI is InChI=1S/C58H46BN3/c1-39-13-11-19-49(33-39)61-54-35-41(3)21-31-52(54)59-53-32-22-42(4)36-55(53)62(50-20-12-14-40(2)34-50)57-38-51(37-56(61)58(57)59)60(47-27-23-45(24-28-47)43-15-7-5-8-16-43)48-29-25-46(26-30-48)44-17-9-6-10-18-44/h5-38H,1-4H3. The molecule has 0 bridgehead atoms. The molecule has 0 radical (unpaired) electrons. The van der Waals surface area contributed by atoms with Crippen LogP contribution < -0.4 is 31.1 Å². The number of hydrogen-bond donors (Lipinski definition) is 0. The van der Waals surface area contributed by atoms with Gasteiger partial charge in [0.05, 0.1) is 5.69 Å². The third-order valence-corrected chi connectivity index (χ3v) is 12.6. The van der Waals surface area contributed by atoms with Gasteiger partial charge >= 0.3 is 0 Å². The number of nitrogens with zero attached hydrogens (tertiary/aromatic N) is 3. The molecular formula is C58H46BN3. The molecule has 0 fully saturated rings. The number of hydrogen-bond acceptors (Lipinski definition) is 3. The minimum absolute atomic E-state index is 0.0335. The maximum atomic E-state index is 2.52. The summed E-state index contributed by atoms with van der Waals surface area (Å²) in [7, 11) is 0. The van der Waals surface area contributed by atoms with E-state index in [2.05, 4.69) is 249 Å². The lowest BCUT2D eigenvalue weighted by atomic mass is 9.33. The summed E-state index contributed by atoms with van der Waals surface area (Å²) in [5.41, 5.74) is 24.0. The van der Waals surface area contributed by atoms with Gasteiger partial charge in [-0.3, -0.25) is 0 Å². The van der Waals surface area contributed by atoms with Gasteiger partial charge in [0, 0.05) is 45.5 Å². The van der Waals surface area contributed by atoms with Crippen molar-refractivity contribution in [1.29, 1.82) is 0 Å². The molecule has 0 atom stereocenters. The van der Waals surface area contributed by atoms with E-state index in [1.807, 2.05) is 0 Å². The molecule has 0 amide bonds. The topological polar surface area (TPSA) is 9.72 Å². The second-order valence-electron chi connectivity index (χ2n) is 17.0. The second-order valence-corrected chi connectivity index (χ2v) is 17.0. The van der Waals surface area contributed by atoms with Gasteiger partial charge in [-0.25, -0.2) is 0 Å². The van der Waals surface area contributed by atoms with Crippen molar-refractivity contribution in [2.24, 2.45) is 0 Å². The van der Waals surface area contributed by atoms with Crippen molar-refractivity contribution in [3.05, 3.63) is 229 Å². The normalized spacial score (nSPS) is 12.4. The molecule has 0 aromatic heterocycles. The third-order valence-electron chi connectivity index (χ3n) is 12.6. The van der Waals surface area contributed by atoms with Crippen LogP contribution in [0.5, 0.6) is 0 Å². The van der Waals surface area contributed by atoms with Crippen LogP contribution in [-0.4, -0.2) is 6.71 Å². The zero-order valence-electron chi connectivity index (χ0n) is 35.5. The maximum absolute atomic E-state index is 2.52. The van der Waals surface area contributed by atoms with E-state index in [0.29, 0.717) is 0 Å². The van der Waals surface area contributed by atoms with Crippen LogP contribution in [0.25, 0.3) is 22.3 Å². The maximum Gasteiger partial charge on any atom is 0.252 e. The molecule has 296 valence electrons. The fraction of sp³-hybridized carbons (Fsp3) is 0.0690. The second kappa shape index (κ2) is 15.2. The van der Waals surface area contributed by atoms with Crippen LogP contribution in [0.1, 0.15) is 22.3 Å². The molecule has 9 aromatic carbocycles. The van der Waals surface area contributed by atoms with Gasteiger partial charge in [0.1, 0.15) is 0 Å². The minimum Gasteiger partial charge on any atom is -0.311 e. The van der Waals surface area contributed by atoms with Gasteiger partial charge in [-0.1, -0.05) is 133 Å². The van der Waals surface area contributed by atoms with Crippen molar-refractivity contribution in [2.75, 3.05) is 14.7 Å². The van der Waals surface area contributed by atoms with E-state index in [9.17, 15) is 0 Å². The van der Waals surface area contributed by atoms with E-state index in [1.165, 1.54) is 83.6 Å². The van der Waals surface area contributed by atoms with Gasteiger partial charge in [-0.15, -0.1) is 0 Å². The van der Waals surface area contributed by atoms with E-state index in [-0.39, 0.29) is 6.71 Å². The highest BCUT2D eigenvalue weighted by Gasteiger charge is 2.44. The van der Waals surface area contributed by atoms with Gasteiger partial charge in [-0.2, -0.15) is 0 Å². The monoisotopic (exact) mass is 795 g/mol. The summed E-state index contributed by atoms with van der Waals surface area (Å²) in [6, 6.07) is 76.3. The van der Waals surface area contributed by atoms with Crippen molar-refractivity contribution < 1.29 is 0 Å². The Hall–Kier alpha value is -7.56. The van der Waals surface area contributed by atoms with E-state index in [0.717, 1.165) is 28.4 Å². The predicted molar refractivity (Wildman–Crippen MR) is 265 cm³/mol. The fourth-order valence-electron chi connectivity index (χ4n) is 9.73. The Morgan fingerprint density at radius 3 is 1.15 bits per heavy atom. The summed E-state index contributed by atoms with van der Waals surface area (Å²) in [5, 5.41) is 0. The SMILES string of the molecule is Cc1cccc(N2c3cc(C)ccc3B3c4ccc(C)cc4N(c4cccc(C)c4)c4cc(N(c5ccc(-c6ccccc6)cc5)c5ccc(-c6ccccc6)cc5)cc2c43)c1. The minimum atomic E-state index is 0.0335. The van der Waals surface area contributed by atoms with Crippen LogP contribution in [0.15, 0.2) is 206 Å². The van der Waals surface area contributed by atoms with Crippen molar-refractivity contribution in [2.45, 2.75) is 27.7 Å². The lowest BCUT2D eigenvalue weighted by molar-refractivity contribution is 1.21. The highest BCUT2D eigenvalue weighted by atomic mass is 15.2. The van der Waals surface area contributed by atoms with Crippen LogP contribution >= 0.6 is 0 Å². The number of anilines is 9. The molecule has 0 spiro atoms. The van der Waals surface area contributed by atoms with E-state index in [4.69, 9.17) is 0 Å². The molecule has 0 aliphatic carbocycles. The van der Waals surface area contributed by atoms with Crippen LogP contribution in [0.4, 0.5) is 51.2 Å². The highest BCUT2D eigenvalue weighted by Crippen LogP contribution is 2.48. The molecule has 11 rings (SSSR count). The number of fused-ring (bicyclic) bond motifs is 4. The number of aryl methyl sites for hydroxylation is 4. The average Bonchev–Trinajstić information content (AvgIpc) is 3.30. The zero-order valence-corrected chi connectivity index (χ0v) is 35.5. The van der Waals surface area contributed by atoms with Crippen molar-refractivity contribution >= 4 is 74.3 Å². The Morgan fingerprint density at radius 2 is 0.726 bits per heavy atom. The summed E-state index contributed by atoms with van der Waals surface area (Å²) in [6.07, 6.45) is 0. The van der Waals surface area contributed by atoms with Crippen molar-refractivity contribution in [1.82, 2.24) is 0 Å². The molecule has 3 nitrogen and oxygen atoms in total. The highest BCUT2D eigenvalue weighted by molar-refractivity contribution is 7.00. The summed E-state index contributed by atoms with van der Waals surface area (Å²) in [4.78, 5) is 7.49. The molecular weight excluding hydrogens is 749 g/mol. The zero-order chi connectivity index (χ0) is 41.9. The Labute approximate surface area is 365 Å². The first kappa shape index (κ1) is 37.4. The van der Waals surface area contributed by atoms with Gasteiger partial charge in [0.25, 0.3) is 6.71 Å². The lowest BCUT2D eigenvalue weighted by Crippen LogP contribution is -2.61. The summed E-state index contributed by atoms with van der Waals surface area (Å²) in [6.45, 7) is 8.84. The first-order valence-electron chi connectivity index (χ1n) is 21.6. The van der Waals surface area contributed by atoms with Crippen LogP contribution in [0.2, 0.25) is 0 Å². The molecule has 2 aliphatic heterocycles. The van der Waals surface area contributed by atoms with Gasteiger partial charge in [0.15, 0.2) is 0 Å². The fourth-order valence-corrected chi connectivity index (χ4v) is 9.73. The smallest absolute Gasteiger partial charge is 0.252 e. The third kappa shape index (κ3) is 6.47. The summed E-state index contributed by atoms with van der Waals surface area (Å²) in [5.74, 6) is 0. The van der Waals surface area contributed by atoms with E-state index < -0.39 is 0 Å². The van der Waals surface area contributed by atoms with Gasteiger partial charge < -0.3 is 14.7 Å². The molecule has 4 heteroatoms. The number of benzene rings is 9. The molecule has 62 heavy (non-hydrogen) atoms. The lowest BCUT2D eigenvalue weighted by Gasteiger charge is -2.45. The molecule has 2 aliphatic rings. The molecule has 0 saturated carbocycles. The van der Waals surface area contributed by atoms with Crippen LogP contribution in [0, 0.1) is 27.7 Å². The first-order valence-corrected chi connectivity index (χ1v) is 21.6. The largest absolute Gasteiger partial charge is 0.311 e. The van der Waals surface area contributed by atoms with Crippen molar-refractivity contribution in [3.8, 4) is 22.3 Å². The summed E-state index contributed by atoms with van der Waals surface area (Å²) < 4.78 is 0. The predicted octanol–water partition coefficient (Wildman–Crippen LogP) is 13.8. The number of rotatable bonds is 7. The Kier molecular flexibility index (Phi) is 9.16. The molecule has 0 saturated heterocycles. The van der Waals surface area contributed by atoms with E-state index in [1.54, 1.807) is 0 Å². The summed E-state index contributed by atoms with van der Waals surface area (Å²) >= 11 is 0. The molecule has 0 unspecified atom stereocenters. The molecule has 0 N–H and O–H groups in total.